The van der Waals surface area contributed by atoms with Gasteiger partial charge in [0.25, 0.3) is 0 Å². The molecule has 2 rings (SSSR count). The van der Waals surface area contributed by atoms with E-state index in [-0.39, 0.29) is 18.5 Å². The highest BCUT2D eigenvalue weighted by atomic mass is 35.5. The Hall–Kier alpha value is -1.46. The summed E-state index contributed by atoms with van der Waals surface area (Å²) in [6.07, 6.45) is 0.581. The van der Waals surface area contributed by atoms with E-state index in [1.165, 1.54) is 0 Å². The van der Waals surface area contributed by atoms with E-state index in [2.05, 4.69) is 10.6 Å². The lowest BCUT2D eigenvalue weighted by Gasteiger charge is -2.34. The van der Waals surface area contributed by atoms with Gasteiger partial charge in [-0.1, -0.05) is 30.1 Å². The van der Waals surface area contributed by atoms with Gasteiger partial charge in [-0.2, -0.15) is 0 Å². The molecule has 114 valence electrons. The van der Waals surface area contributed by atoms with Gasteiger partial charge in [-0.3, -0.25) is 4.79 Å². The van der Waals surface area contributed by atoms with Gasteiger partial charge in [-0.05, 0) is 30.2 Å². The van der Waals surface area contributed by atoms with Crippen LogP contribution in [0.15, 0.2) is 18.2 Å². The van der Waals surface area contributed by atoms with Gasteiger partial charge < -0.3 is 15.5 Å². The van der Waals surface area contributed by atoms with Crippen LogP contribution >= 0.6 is 23.2 Å². The number of nitrogens with one attached hydrogen (secondary N) is 2. The lowest BCUT2D eigenvalue weighted by atomic mass is 10.1. The van der Waals surface area contributed by atoms with Gasteiger partial charge in [-0.25, -0.2) is 4.79 Å². The zero-order valence-electron chi connectivity index (χ0n) is 11.7. The van der Waals surface area contributed by atoms with Crippen molar-refractivity contribution in [2.24, 2.45) is 0 Å². The summed E-state index contributed by atoms with van der Waals surface area (Å²) in [7, 11) is 0. The van der Waals surface area contributed by atoms with Crippen molar-refractivity contribution in [1.82, 2.24) is 15.5 Å². The Morgan fingerprint density at radius 1 is 1.48 bits per heavy atom. The number of amides is 3. The summed E-state index contributed by atoms with van der Waals surface area (Å²) in [6, 6.07) is 4.40. The molecule has 2 N–H and O–H groups in total. The quantitative estimate of drug-likeness (QED) is 0.894. The van der Waals surface area contributed by atoms with Crippen LogP contribution in [0.1, 0.15) is 18.9 Å². The maximum atomic E-state index is 12.2. The van der Waals surface area contributed by atoms with E-state index in [0.717, 1.165) is 5.56 Å². The lowest BCUT2D eigenvalue weighted by molar-refractivity contribution is -0.127. The molecule has 1 aromatic rings. The van der Waals surface area contributed by atoms with Crippen molar-refractivity contribution in [3.8, 4) is 0 Å². The minimum atomic E-state index is -0.423. The first-order valence-corrected chi connectivity index (χ1v) is 7.54. The number of urea groups is 1. The first-order chi connectivity index (χ1) is 10.0. The van der Waals surface area contributed by atoms with Gasteiger partial charge >= 0.3 is 6.03 Å². The monoisotopic (exact) mass is 329 g/mol. The third-order valence-corrected chi connectivity index (χ3v) is 4.02. The Labute approximate surface area is 133 Å². The number of rotatable bonds is 3. The summed E-state index contributed by atoms with van der Waals surface area (Å²) in [5.41, 5.74) is 0.743. The molecule has 1 aliphatic rings. The van der Waals surface area contributed by atoms with E-state index in [1.54, 1.807) is 23.1 Å². The second kappa shape index (κ2) is 7.00. The number of halogens is 2. The van der Waals surface area contributed by atoms with Crippen LogP contribution in [0.25, 0.3) is 0 Å². The largest absolute Gasteiger partial charge is 0.353 e. The van der Waals surface area contributed by atoms with Crippen molar-refractivity contribution in [2.45, 2.75) is 25.9 Å². The molecule has 0 unspecified atom stereocenters. The van der Waals surface area contributed by atoms with Gasteiger partial charge in [0.1, 0.15) is 6.04 Å². The van der Waals surface area contributed by atoms with Crippen molar-refractivity contribution in [3.05, 3.63) is 33.8 Å². The summed E-state index contributed by atoms with van der Waals surface area (Å²) in [5.74, 6) is -0.111. The van der Waals surface area contributed by atoms with Crippen LogP contribution in [-0.4, -0.2) is 36.0 Å². The number of hydrogen-bond donors (Lipinski definition) is 2. The molecule has 1 heterocycles. The predicted octanol–water partition coefficient (Wildman–Crippen LogP) is 2.41. The third kappa shape index (κ3) is 3.80. The number of benzene rings is 1. The standard InChI is InChI=1S/C14H17Cl2N3O2/c1-2-12-13(20)17-5-6-19(12)14(21)18-8-9-7-10(15)3-4-11(9)16/h3-4,7,12H,2,5-6,8H2,1H3,(H,17,20)(H,18,21)/t12-/m1/s1. The van der Waals surface area contributed by atoms with Crippen molar-refractivity contribution in [2.75, 3.05) is 13.1 Å². The van der Waals surface area contributed by atoms with E-state index < -0.39 is 6.04 Å². The Bertz CT molecular complexity index is 551. The first-order valence-electron chi connectivity index (χ1n) is 6.79. The van der Waals surface area contributed by atoms with Crippen LogP contribution in [0.4, 0.5) is 4.79 Å². The van der Waals surface area contributed by atoms with Crippen molar-refractivity contribution >= 4 is 35.1 Å². The minimum Gasteiger partial charge on any atom is -0.353 e. The molecule has 0 aromatic heterocycles. The highest BCUT2D eigenvalue weighted by Gasteiger charge is 2.31. The fourth-order valence-electron chi connectivity index (χ4n) is 2.31. The third-order valence-electron chi connectivity index (χ3n) is 3.42. The molecule has 1 saturated heterocycles. The highest BCUT2D eigenvalue weighted by Crippen LogP contribution is 2.20. The maximum Gasteiger partial charge on any atom is 0.318 e. The molecule has 0 spiro atoms. The zero-order valence-corrected chi connectivity index (χ0v) is 13.2. The predicted molar refractivity (Wildman–Crippen MR) is 82.5 cm³/mol. The molecular weight excluding hydrogens is 313 g/mol. The van der Waals surface area contributed by atoms with Crippen LogP contribution in [0, 0.1) is 0 Å². The van der Waals surface area contributed by atoms with E-state index in [1.807, 2.05) is 6.92 Å². The van der Waals surface area contributed by atoms with E-state index in [9.17, 15) is 9.59 Å². The summed E-state index contributed by atoms with van der Waals surface area (Å²) < 4.78 is 0. The molecule has 0 radical (unpaired) electrons. The molecule has 1 atom stereocenters. The summed E-state index contributed by atoms with van der Waals surface area (Å²) in [6.45, 7) is 3.12. The zero-order chi connectivity index (χ0) is 15.4. The minimum absolute atomic E-state index is 0.111. The SMILES string of the molecule is CC[C@@H]1C(=O)NCCN1C(=O)NCc1cc(Cl)ccc1Cl. The molecule has 21 heavy (non-hydrogen) atoms. The molecule has 0 saturated carbocycles. The van der Waals surface area contributed by atoms with Crippen molar-refractivity contribution in [1.29, 1.82) is 0 Å². The van der Waals surface area contributed by atoms with Gasteiger partial charge in [-0.15, -0.1) is 0 Å². The highest BCUT2D eigenvalue weighted by molar-refractivity contribution is 6.33. The topological polar surface area (TPSA) is 61.4 Å². The van der Waals surface area contributed by atoms with Gasteiger partial charge in [0, 0.05) is 29.7 Å². The number of piperazine rings is 1. The number of hydrogen-bond acceptors (Lipinski definition) is 2. The Kier molecular flexibility index (Phi) is 5.31. The number of carbonyl (C=O) groups excluding carboxylic acids is 2. The Balaban J connectivity index is 2.00. The average molecular weight is 330 g/mol. The van der Waals surface area contributed by atoms with Crippen LogP contribution in [0.3, 0.4) is 0 Å². The fraction of sp³-hybridized carbons (Fsp3) is 0.429. The molecule has 1 aromatic carbocycles. The molecule has 1 aliphatic heterocycles. The average Bonchev–Trinajstić information content (AvgIpc) is 2.47. The van der Waals surface area contributed by atoms with Crippen LogP contribution in [-0.2, 0) is 11.3 Å². The van der Waals surface area contributed by atoms with Gasteiger partial charge in [0.05, 0.1) is 0 Å². The molecule has 7 heteroatoms. The first kappa shape index (κ1) is 15.9. The van der Waals surface area contributed by atoms with E-state index in [4.69, 9.17) is 23.2 Å². The van der Waals surface area contributed by atoms with Crippen molar-refractivity contribution < 1.29 is 9.59 Å². The lowest BCUT2D eigenvalue weighted by Crippen LogP contribution is -2.59. The molecule has 1 fully saturated rings. The fourth-order valence-corrected chi connectivity index (χ4v) is 2.69. The summed E-state index contributed by atoms with van der Waals surface area (Å²) in [5, 5.41) is 6.65. The number of nitrogens with zero attached hydrogens (tertiary/aromatic N) is 1. The Morgan fingerprint density at radius 2 is 2.24 bits per heavy atom. The van der Waals surface area contributed by atoms with E-state index >= 15 is 0 Å². The van der Waals surface area contributed by atoms with Crippen LogP contribution in [0.5, 0.6) is 0 Å². The van der Waals surface area contributed by atoms with Crippen LogP contribution in [0.2, 0.25) is 10.0 Å². The van der Waals surface area contributed by atoms with Crippen LogP contribution < -0.4 is 10.6 Å². The molecular formula is C14H17Cl2N3O2. The second-order valence-corrected chi connectivity index (χ2v) is 5.65. The van der Waals surface area contributed by atoms with Gasteiger partial charge in [0.2, 0.25) is 5.91 Å². The van der Waals surface area contributed by atoms with E-state index in [0.29, 0.717) is 29.6 Å². The smallest absolute Gasteiger partial charge is 0.318 e. The van der Waals surface area contributed by atoms with Crippen molar-refractivity contribution in [3.63, 3.8) is 0 Å². The number of carbonyl (C=O) groups is 2. The van der Waals surface area contributed by atoms with Gasteiger partial charge in [0.15, 0.2) is 0 Å². The Morgan fingerprint density at radius 3 is 2.95 bits per heavy atom. The summed E-state index contributed by atoms with van der Waals surface area (Å²) >= 11 is 12.0. The normalized spacial score (nSPS) is 18.3. The maximum absolute atomic E-state index is 12.2. The molecule has 3 amide bonds. The molecule has 5 nitrogen and oxygen atoms in total. The second-order valence-electron chi connectivity index (χ2n) is 4.80. The summed E-state index contributed by atoms with van der Waals surface area (Å²) in [4.78, 5) is 25.5. The molecule has 0 bridgehead atoms. The molecule has 0 aliphatic carbocycles.